The van der Waals surface area contributed by atoms with Crippen molar-refractivity contribution in [2.24, 2.45) is 17.8 Å². The van der Waals surface area contributed by atoms with E-state index in [1.165, 1.54) is 9.13 Å². The van der Waals surface area contributed by atoms with Crippen molar-refractivity contribution >= 4 is 28.5 Å². The molecular formula is C24H32N8O2. The number of hydrogen-bond donors (Lipinski definition) is 1. The number of imidazole rings is 1. The standard InChI is InChI=1S/C24H32N8O2/c1-4-31-20-21(27-23(31)30-12-7-8-16(25)14-30)29(3)24(34)32(22(20)33)15-18-17-9-5-6-10-19(17)28(2)13-11-26-18/h5-6,9-10,16H,4,7-8,11-15,25H2,1-3H3. The number of benzene rings is 1. The molecule has 0 amide bonds. The minimum absolute atomic E-state index is 0.0748. The fourth-order valence-electron chi connectivity index (χ4n) is 5.11. The lowest BCUT2D eigenvalue weighted by molar-refractivity contribution is 0.494. The molecule has 1 saturated heterocycles. The number of fused-ring (bicyclic) bond motifs is 2. The maximum atomic E-state index is 13.8. The maximum absolute atomic E-state index is 13.8. The molecule has 2 aliphatic rings. The highest BCUT2D eigenvalue weighted by Crippen LogP contribution is 2.24. The fourth-order valence-corrected chi connectivity index (χ4v) is 5.11. The molecule has 1 atom stereocenters. The molecule has 10 heteroatoms. The van der Waals surface area contributed by atoms with E-state index in [0.717, 1.165) is 42.9 Å². The number of hydrogen-bond acceptors (Lipinski definition) is 7. The average Bonchev–Trinajstić information content (AvgIpc) is 3.16. The number of nitrogens with two attached hydrogens (primary N) is 1. The number of aryl methyl sites for hydroxylation is 2. The molecular weight excluding hydrogens is 432 g/mol. The van der Waals surface area contributed by atoms with Crippen molar-refractivity contribution in [1.82, 2.24) is 18.7 Å². The van der Waals surface area contributed by atoms with Crippen LogP contribution in [0.15, 0.2) is 38.8 Å². The molecule has 0 saturated carbocycles. The van der Waals surface area contributed by atoms with Gasteiger partial charge in [0.15, 0.2) is 11.2 Å². The Hall–Kier alpha value is -3.40. The lowest BCUT2D eigenvalue weighted by atomic mass is 10.1. The average molecular weight is 465 g/mol. The van der Waals surface area contributed by atoms with Crippen LogP contribution in [0.1, 0.15) is 25.3 Å². The second-order valence-corrected chi connectivity index (χ2v) is 9.18. The molecule has 2 aromatic heterocycles. The molecule has 0 spiro atoms. The number of anilines is 2. The van der Waals surface area contributed by atoms with E-state index in [9.17, 15) is 9.59 Å². The quantitative estimate of drug-likeness (QED) is 0.612. The van der Waals surface area contributed by atoms with E-state index >= 15 is 0 Å². The lowest BCUT2D eigenvalue weighted by Gasteiger charge is -2.31. The Balaban J connectivity index is 1.65. The molecule has 34 heavy (non-hydrogen) atoms. The monoisotopic (exact) mass is 464 g/mol. The molecule has 1 fully saturated rings. The van der Waals surface area contributed by atoms with Gasteiger partial charge in [0.05, 0.1) is 18.8 Å². The lowest BCUT2D eigenvalue weighted by Crippen LogP contribution is -2.44. The smallest absolute Gasteiger partial charge is 0.332 e. The van der Waals surface area contributed by atoms with Gasteiger partial charge in [0.2, 0.25) is 5.95 Å². The number of piperidine rings is 1. The molecule has 2 aliphatic heterocycles. The summed E-state index contributed by atoms with van der Waals surface area (Å²) in [6, 6.07) is 8.06. The highest BCUT2D eigenvalue weighted by atomic mass is 16.2. The van der Waals surface area contributed by atoms with Crippen LogP contribution >= 0.6 is 0 Å². The van der Waals surface area contributed by atoms with Crippen LogP contribution in [0.4, 0.5) is 11.6 Å². The normalized spacial score (nSPS) is 18.7. The van der Waals surface area contributed by atoms with Crippen molar-refractivity contribution in [1.29, 1.82) is 0 Å². The predicted octanol–water partition coefficient (Wildman–Crippen LogP) is 0.783. The Labute approximate surface area is 197 Å². The summed E-state index contributed by atoms with van der Waals surface area (Å²) >= 11 is 0. The molecule has 5 rings (SSSR count). The van der Waals surface area contributed by atoms with Crippen molar-refractivity contribution in [2.75, 3.05) is 43.0 Å². The molecule has 10 nitrogen and oxygen atoms in total. The summed E-state index contributed by atoms with van der Waals surface area (Å²) in [5, 5.41) is 0. The first-order chi connectivity index (χ1) is 16.4. The SMILES string of the molecule is CCn1c(N2CCCC(N)C2)nc2c1c(=O)n(CC1=NCCN(C)c3ccccc31)c(=O)n2C. The third kappa shape index (κ3) is 3.62. The molecule has 2 N–H and O–H groups in total. The van der Waals surface area contributed by atoms with Crippen molar-refractivity contribution < 1.29 is 0 Å². The minimum Gasteiger partial charge on any atom is -0.372 e. The highest BCUT2D eigenvalue weighted by molar-refractivity contribution is 6.05. The van der Waals surface area contributed by atoms with Crippen LogP contribution in [0, 0.1) is 0 Å². The highest BCUT2D eigenvalue weighted by Gasteiger charge is 2.26. The van der Waals surface area contributed by atoms with Gasteiger partial charge in [0.25, 0.3) is 5.56 Å². The Morgan fingerprint density at radius 3 is 2.68 bits per heavy atom. The van der Waals surface area contributed by atoms with E-state index in [0.29, 0.717) is 36.7 Å². The molecule has 180 valence electrons. The summed E-state index contributed by atoms with van der Waals surface area (Å²) < 4.78 is 4.69. The summed E-state index contributed by atoms with van der Waals surface area (Å²) in [6.45, 7) is 5.57. The number of likely N-dealkylation sites (N-methyl/N-ethyl adjacent to an activating group) is 1. The first kappa shape index (κ1) is 22.4. The summed E-state index contributed by atoms with van der Waals surface area (Å²) in [7, 11) is 3.71. The van der Waals surface area contributed by atoms with E-state index in [1.54, 1.807) is 7.05 Å². The number of benzodiazepines with no additional fused rings is 1. The Morgan fingerprint density at radius 2 is 1.91 bits per heavy atom. The summed E-state index contributed by atoms with van der Waals surface area (Å²) in [4.78, 5) is 40.9. The van der Waals surface area contributed by atoms with Crippen molar-refractivity contribution in [2.45, 2.75) is 38.9 Å². The molecule has 0 bridgehead atoms. The van der Waals surface area contributed by atoms with Gasteiger partial charge in [0.1, 0.15) is 0 Å². The predicted molar refractivity (Wildman–Crippen MR) is 135 cm³/mol. The molecule has 4 heterocycles. The van der Waals surface area contributed by atoms with Gasteiger partial charge in [-0.15, -0.1) is 0 Å². The van der Waals surface area contributed by atoms with Gasteiger partial charge in [-0.2, -0.15) is 4.98 Å². The number of aromatic nitrogens is 4. The van der Waals surface area contributed by atoms with Gasteiger partial charge in [-0.3, -0.25) is 18.9 Å². The van der Waals surface area contributed by atoms with E-state index in [4.69, 9.17) is 15.7 Å². The first-order valence-corrected chi connectivity index (χ1v) is 11.9. The summed E-state index contributed by atoms with van der Waals surface area (Å²) in [6.07, 6.45) is 1.96. The van der Waals surface area contributed by atoms with Crippen LogP contribution in [0.2, 0.25) is 0 Å². The molecule has 1 unspecified atom stereocenters. The fraction of sp³-hybridized carbons (Fsp3) is 0.500. The molecule has 0 aliphatic carbocycles. The van der Waals surface area contributed by atoms with Crippen LogP contribution < -0.4 is 26.8 Å². The van der Waals surface area contributed by atoms with Crippen molar-refractivity contribution in [3.8, 4) is 0 Å². The van der Waals surface area contributed by atoms with Gasteiger partial charge < -0.3 is 20.1 Å². The number of aliphatic imine (C=N–C) groups is 1. The van der Waals surface area contributed by atoms with E-state index in [-0.39, 0.29) is 18.1 Å². The Bertz CT molecular complexity index is 1380. The van der Waals surface area contributed by atoms with Crippen LogP contribution in [0.25, 0.3) is 11.2 Å². The Morgan fingerprint density at radius 1 is 1.12 bits per heavy atom. The topological polar surface area (TPSA) is 107 Å². The zero-order valence-corrected chi connectivity index (χ0v) is 20.1. The first-order valence-electron chi connectivity index (χ1n) is 11.9. The largest absolute Gasteiger partial charge is 0.372 e. The second-order valence-electron chi connectivity index (χ2n) is 9.18. The van der Waals surface area contributed by atoms with Crippen LogP contribution in [0.3, 0.4) is 0 Å². The molecule has 0 radical (unpaired) electrons. The number of para-hydroxylation sites is 1. The third-order valence-corrected chi connectivity index (χ3v) is 6.94. The zero-order valence-electron chi connectivity index (χ0n) is 20.1. The van der Waals surface area contributed by atoms with Gasteiger partial charge in [-0.05, 0) is 25.8 Å². The second kappa shape index (κ2) is 8.75. The van der Waals surface area contributed by atoms with Gasteiger partial charge in [-0.1, -0.05) is 18.2 Å². The Kier molecular flexibility index (Phi) is 5.76. The molecule has 1 aromatic carbocycles. The van der Waals surface area contributed by atoms with Crippen LogP contribution in [-0.4, -0.2) is 63.7 Å². The van der Waals surface area contributed by atoms with Crippen molar-refractivity contribution in [3.63, 3.8) is 0 Å². The van der Waals surface area contributed by atoms with E-state index in [1.807, 2.05) is 42.8 Å². The van der Waals surface area contributed by atoms with Crippen molar-refractivity contribution in [3.05, 3.63) is 50.7 Å². The van der Waals surface area contributed by atoms with E-state index in [2.05, 4.69) is 9.80 Å². The van der Waals surface area contributed by atoms with Gasteiger partial charge in [0, 0.05) is 57.6 Å². The molecule has 3 aromatic rings. The summed E-state index contributed by atoms with van der Waals surface area (Å²) in [5.41, 5.74) is 9.06. The van der Waals surface area contributed by atoms with Gasteiger partial charge in [-0.25, -0.2) is 4.79 Å². The van der Waals surface area contributed by atoms with Crippen LogP contribution in [-0.2, 0) is 20.1 Å². The maximum Gasteiger partial charge on any atom is 0.332 e. The summed E-state index contributed by atoms with van der Waals surface area (Å²) in [5.74, 6) is 0.705. The number of rotatable bonds is 4. The zero-order chi connectivity index (χ0) is 24.0. The van der Waals surface area contributed by atoms with Crippen LogP contribution in [0.5, 0.6) is 0 Å². The minimum atomic E-state index is -0.391. The van der Waals surface area contributed by atoms with E-state index < -0.39 is 5.69 Å². The third-order valence-electron chi connectivity index (χ3n) is 6.94. The number of nitrogens with zero attached hydrogens (tertiary/aromatic N) is 7. The van der Waals surface area contributed by atoms with Gasteiger partial charge >= 0.3 is 5.69 Å².